The van der Waals surface area contributed by atoms with E-state index in [4.69, 9.17) is 14.6 Å². The number of benzene rings is 1. The van der Waals surface area contributed by atoms with Gasteiger partial charge in [-0.2, -0.15) is 0 Å². The van der Waals surface area contributed by atoms with Gasteiger partial charge in [0.25, 0.3) is 0 Å². The van der Waals surface area contributed by atoms with Gasteiger partial charge in [-0.15, -0.1) is 0 Å². The Bertz CT molecular complexity index is 345. The predicted octanol–water partition coefficient (Wildman–Crippen LogP) is 1.59. The molecule has 4 nitrogen and oxygen atoms in total. The molecule has 0 aromatic heterocycles. The molecule has 0 radical (unpaired) electrons. The number of ether oxygens (including phenoxy) is 2. The summed E-state index contributed by atoms with van der Waals surface area (Å²) in [7, 11) is 1.62. The van der Waals surface area contributed by atoms with Crippen LogP contribution in [0.25, 0.3) is 0 Å². The molecule has 1 rings (SSSR count). The lowest BCUT2D eigenvalue weighted by atomic mass is 9.92. The number of hydrogen-bond donors (Lipinski definition) is 2. The minimum absolute atomic E-state index is 0.0567. The van der Waals surface area contributed by atoms with Crippen LogP contribution in [0.3, 0.4) is 0 Å². The van der Waals surface area contributed by atoms with Crippen LogP contribution in [0.2, 0.25) is 0 Å². The molecule has 0 heterocycles. The highest BCUT2D eigenvalue weighted by Gasteiger charge is 2.27. The first-order valence-electron chi connectivity index (χ1n) is 6.03. The smallest absolute Gasteiger partial charge is 0.118 e. The van der Waals surface area contributed by atoms with Crippen LogP contribution in [0.5, 0.6) is 5.75 Å². The number of rotatable bonds is 7. The Labute approximate surface area is 108 Å². The first-order chi connectivity index (χ1) is 8.49. The summed E-state index contributed by atoms with van der Waals surface area (Å²) in [6.45, 7) is 4.02. The average Bonchev–Trinajstić information content (AvgIpc) is 2.38. The summed E-state index contributed by atoms with van der Waals surface area (Å²) in [5.74, 6) is 0.591. The lowest BCUT2D eigenvalue weighted by Gasteiger charge is -2.28. The summed E-state index contributed by atoms with van der Waals surface area (Å²) < 4.78 is 10.5. The Morgan fingerprint density at radius 1 is 1.28 bits per heavy atom. The lowest BCUT2D eigenvalue weighted by molar-refractivity contribution is -0.0832. The Morgan fingerprint density at radius 2 is 1.89 bits per heavy atom. The fourth-order valence-electron chi connectivity index (χ4n) is 1.44. The Kier molecular flexibility index (Phi) is 5.59. The lowest BCUT2D eigenvalue weighted by Crippen LogP contribution is -2.39. The molecule has 2 atom stereocenters. The highest BCUT2D eigenvalue weighted by atomic mass is 16.5. The van der Waals surface area contributed by atoms with Crippen LogP contribution in [-0.2, 0) is 11.3 Å². The SMILES string of the molecule is COc1ccc(COC[C@](C)(O)[C@H](C)CO)cc1. The van der Waals surface area contributed by atoms with Crippen molar-refractivity contribution < 1.29 is 19.7 Å². The summed E-state index contributed by atoms with van der Waals surface area (Å²) in [5.41, 5.74) is 0.00422. The highest BCUT2D eigenvalue weighted by Crippen LogP contribution is 2.18. The van der Waals surface area contributed by atoms with Crippen molar-refractivity contribution in [2.45, 2.75) is 26.1 Å². The third-order valence-corrected chi connectivity index (χ3v) is 3.16. The van der Waals surface area contributed by atoms with E-state index in [1.165, 1.54) is 0 Å². The van der Waals surface area contributed by atoms with Crippen LogP contribution in [0.4, 0.5) is 0 Å². The fourth-order valence-corrected chi connectivity index (χ4v) is 1.44. The van der Waals surface area contributed by atoms with E-state index >= 15 is 0 Å². The van der Waals surface area contributed by atoms with E-state index in [1.807, 2.05) is 24.3 Å². The standard InChI is InChI=1S/C14H22O4/c1-11(8-15)14(2,16)10-18-9-12-4-6-13(17-3)7-5-12/h4-7,11,15-16H,8-10H2,1-3H3/t11-,14+/m1/s1. The molecule has 0 saturated heterocycles. The predicted molar refractivity (Wildman–Crippen MR) is 69.5 cm³/mol. The van der Waals surface area contributed by atoms with Gasteiger partial charge in [0.15, 0.2) is 0 Å². The summed E-state index contributed by atoms with van der Waals surface area (Å²) in [6.07, 6.45) is 0. The van der Waals surface area contributed by atoms with Crippen molar-refractivity contribution in [2.75, 3.05) is 20.3 Å². The van der Waals surface area contributed by atoms with Crippen molar-refractivity contribution >= 4 is 0 Å². The fraction of sp³-hybridized carbons (Fsp3) is 0.571. The summed E-state index contributed by atoms with van der Waals surface area (Å²) in [6, 6.07) is 7.58. The summed E-state index contributed by atoms with van der Waals surface area (Å²) >= 11 is 0. The van der Waals surface area contributed by atoms with Gasteiger partial charge in [-0.3, -0.25) is 0 Å². The molecule has 0 saturated carbocycles. The number of aliphatic hydroxyl groups is 2. The van der Waals surface area contributed by atoms with Crippen LogP contribution >= 0.6 is 0 Å². The maximum absolute atomic E-state index is 10.0. The molecule has 0 aliphatic carbocycles. The van der Waals surface area contributed by atoms with Crippen molar-refractivity contribution in [1.82, 2.24) is 0 Å². The molecule has 0 unspecified atom stereocenters. The van der Waals surface area contributed by atoms with Gasteiger partial charge in [0.2, 0.25) is 0 Å². The van der Waals surface area contributed by atoms with Crippen LogP contribution in [0.1, 0.15) is 19.4 Å². The van der Waals surface area contributed by atoms with Crippen molar-refractivity contribution in [2.24, 2.45) is 5.92 Å². The second-order valence-corrected chi connectivity index (χ2v) is 4.78. The third kappa shape index (κ3) is 4.29. The Morgan fingerprint density at radius 3 is 2.39 bits per heavy atom. The van der Waals surface area contributed by atoms with Gasteiger partial charge in [0.05, 0.1) is 25.9 Å². The minimum Gasteiger partial charge on any atom is -0.497 e. The van der Waals surface area contributed by atoms with Crippen LogP contribution < -0.4 is 4.74 Å². The summed E-state index contributed by atoms with van der Waals surface area (Å²) in [5, 5.41) is 19.1. The number of hydrogen-bond acceptors (Lipinski definition) is 4. The van der Waals surface area contributed by atoms with E-state index in [-0.39, 0.29) is 19.1 Å². The molecule has 0 fully saturated rings. The Hall–Kier alpha value is -1.10. The van der Waals surface area contributed by atoms with E-state index in [0.717, 1.165) is 11.3 Å². The van der Waals surface area contributed by atoms with Crippen molar-refractivity contribution in [3.05, 3.63) is 29.8 Å². The first-order valence-corrected chi connectivity index (χ1v) is 6.03. The molecular weight excluding hydrogens is 232 g/mol. The van der Waals surface area contributed by atoms with Gasteiger partial charge in [-0.25, -0.2) is 0 Å². The number of methoxy groups -OCH3 is 1. The largest absolute Gasteiger partial charge is 0.497 e. The zero-order chi connectivity index (χ0) is 13.6. The number of aliphatic hydroxyl groups excluding tert-OH is 1. The topological polar surface area (TPSA) is 58.9 Å². The molecule has 2 N–H and O–H groups in total. The molecule has 1 aromatic rings. The van der Waals surface area contributed by atoms with Crippen molar-refractivity contribution in [1.29, 1.82) is 0 Å². The maximum atomic E-state index is 10.0. The van der Waals surface area contributed by atoms with Gasteiger partial charge >= 0.3 is 0 Å². The second kappa shape index (κ2) is 6.73. The van der Waals surface area contributed by atoms with Crippen molar-refractivity contribution in [3.63, 3.8) is 0 Å². The molecule has 1 aromatic carbocycles. The van der Waals surface area contributed by atoms with Crippen molar-refractivity contribution in [3.8, 4) is 5.75 Å². The van der Waals surface area contributed by atoms with Crippen LogP contribution in [0.15, 0.2) is 24.3 Å². The van der Waals surface area contributed by atoms with Gasteiger partial charge in [0.1, 0.15) is 5.75 Å². The Balaban J connectivity index is 2.41. The molecule has 0 amide bonds. The highest BCUT2D eigenvalue weighted by molar-refractivity contribution is 5.26. The van der Waals surface area contributed by atoms with E-state index in [9.17, 15) is 5.11 Å². The van der Waals surface area contributed by atoms with Gasteiger partial charge < -0.3 is 19.7 Å². The molecule has 18 heavy (non-hydrogen) atoms. The molecule has 4 heteroatoms. The van der Waals surface area contributed by atoms with E-state index in [1.54, 1.807) is 21.0 Å². The monoisotopic (exact) mass is 254 g/mol. The van der Waals surface area contributed by atoms with Gasteiger partial charge in [-0.1, -0.05) is 19.1 Å². The second-order valence-electron chi connectivity index (χ2n) is 4.78. The molecule has 0 bridgehead atoms. The molecule has 102 valence electrons. The minimum atomic E-state index is -1.01. The zero-order valence-electron chi connectivity index (χ0n) is 11.2. The van der Waals surface area contributed by atoms with Crippen LogP contribution in [-0.4, -0.2) is 36.1 Å². The van der Waals surface area contributed by atoms with E-state index in [0.29, 0.717) is 6.61 Å². The quantitative estimate of drug-likeness (QED) is 0.776. The molecule has 0 aliphatic heterocycles. The average molecular weight is 254 g/mol. The van der Waals surface area contributed by atoms with Gasteiger partial charge in [0, 0.05) is 12.5 Å². The van der Waals surface area contributed by atoms with E-state index < -0.39 is 5.60 Å². The first kappa shape index (κ1) is 15.0. The van der Waals surface area contributed by atoms with Crippen LogP contribution in [0, 0.1) is 5.92 Å². The summed E-state index contributed by atoms with van der Waals surface area (Å²) in [4.78, 5) is 0. The third-order valence-electron chi connectivity index (χ3n) is 3.16. The van der Waals surface area contributed by atoms with Gasteiger partial charge in [-0.05, 0) is 24.6 Å². The normalized spacial score (nSPS) is 16.1. The zero-order valence-corrected chi connectivity index (χ0v) is 11.2. The molecule has 0 aliphatic rings. The van der Waals surface area contributed by atoms with E-state index in [2.05, 4.69) is 0 Å². The molecule has 0 spiro atoms. The maximum Gasteiger partial charge on any atom is 0.118 e. The molecular formula is C14H22O4.